The fourth-order valence-corrected chi connectivity index (χ4v) is 3.11. The van der Waals surface area contributed by atoms with Gasteiger partial charge in [0.2, 0.25) is 11.8 Å². The Hall–Kier alpha value is -2.20. The average Bonchev–Trinajstić information content (AvgIpc) is 2.66. The number of ether oxygens (including phenoxy) is 2. The molecule has 1 fully saturated rings. The van der Waals surface area contributed by atoms with E-state index in [2.05, 4.69) is 25.9 Å². The van der Waals surface area contributed by atoms with Gasteiger partial charge in [0.15, 0.2) is 0 Å². The van der Waals surface area contributed by atoms with Crippen molar-refractivity contribution in [3.05, 3.63) is 52.4 Å². The fourth-order valence-electron chi connectivity index (χ4n) is 2.70. The molecule has 1 aliphatic heterocycles. The number of aromatic nitrogens is 2. The molecule has 2 aromatic heterocycles. The van der Waals surface area contributed by atoms with Gasteiger partial charge in [0.25, 0.3) is 0 Å². The number of amides is 1. The number of hydrogen-bond acceptors (Lipinski definition) is 5. The molecule has 0 N–H and O–H groups in total. The molecule has 1 amide bonds. The zero-order valence-corrected chi connectivity index (χ0v) is 16.2. The standard InChI is InChI=1S/C18H17BrF3N3O3/c19-14-5-12(7-23-9-14)6-17(26)25-3-4-27-15(10-25)11-28-16-2-1-13(8-24-16)18(20,21)22/h1-2,5,7-9,15H,3-4,6,10-11H2. The van der Waals surface area contributed by atoms with Gasteiger partial charge >= 0.3 is 6.18 Å². The first-order valence-corrected chi connectivity index (χ1v) is 9.25. The lowest BCUT2D eigenvalue weighted by atomic mass is 10.2. The maximum Gasteiger partial charge on any atom is 0.417 e. The quantitative estimate of drug-likeness (QED) is 0.687. The average molecular weight is 460 g/mol. The molecule has 3 heterocycles. The Morgan fingerprint density at radius 3 is 2.82 bits per heavy atom. The number of alkyl halides is 3. The topological polar surface area (TPSA) is 64.6 Å². The Morgan fingerprint density at radius 1 is 1.32 bits per heavy atom. The second-order valence-corrected chi connectivity index (χ2v) is 7.13. The Labute approximate surface area is 167 Å². The molecule has 0 saturated carbocycles. The first kappa shape index (κ1) is 20.5. The zero-order chi connectivity index (χ0) is 20.1. The lowest BCUT2D eigenvalue weighted by Gasteiger charge is -2.32. The molecule has 0 spiro atoms. The molecule has 2 aromatic rings. The molecule has 1 saturated heterocycles. The van der Waals surface area contributed by atoms with Gasteiger partial charge in [0, 0.05) is 35.7 Å². The van der Waals surface area contributed by atoms with Gasteiger partial charge in [-0.3, -0.25) is 9.78 Å². The van der Waals surface area contributed by atoms with E-state index in [1.54, 1.807) is 17.3 Å². The Kier molecular flexibility index (Phi) is 6.50. The minimum absolute atomic E-state index is 0.0548. The molecule has 150 valence electrons. The Morgan fingerprint density at radius 2 is 2.14 bits per heavy atom. The molecule has 3 rings (SSSR count). The molecule has 10 heteroatoms. The molecule has 0 aliphatic carbocycles. The minimum Gasteiger partial charge on any atom is -0.475 e. The van der Waals surface area contributed by atoms with E-state index in [1.165, 1.54) is 0 Å². The normalized spacial score (nSPS) is 17.4. The summed E-state index contributed by atoms with van der Waals surface area (Å²) in [6.07, 6.45) is -0.601. The maximum atomic E-state index is 12.5. The van der Waals surface area contributed by atoms with Crippen molar-refractivity contribution in [2.75, 3.05) is 26.3 Å². The smallest absolute Gasteiger partial charge is 0.417 e. The highest BCUT2D eigenvalue weighted by molar-refractivity contribution is 9.10. The van der Waals surface area contributed by atoms with Crippen molar-refractivity contribution in [3.63, 3.8) is 0 Å². The molecular formula is C18H17BrF3N3O3. The van der Waals surface area contributed by atoms with Crippen LogP contribution in [0.3, 0.4) is 0 Å². The molecule has 0 aromatic carbocycles. The van der Waals surface area contributed by atoms with Gasteiger partial charge in [0.05, 0.1) is 25.1 Å². The van der Waals surface area contributed by atoms with Crippen LogP contribution in [0, 0.1) is 0 Å². The zero-order valence-electron chi connectivity index (χ0n) is 14.7. The van der Waals surface area contributed by atoms with Crippen molar-refractivity contribution in [1.82, 2.24) is 14.9 Å². The number of hydrogen-bond donors (Lipinski definition) is 0. The predicted molar refractivity (Wildman–Crippen MR) is 96.7 cm³/mol. The van der Waals surface area contributed by atoms with E-state index >= 15 is 0 Å². The maximum absolute atomic E-state index is 12.5. The van der Waals surface area contributed by atoms with Gasteiger partial charge in [-0.2, -0.15) is 13.2 Å². The van der Waals surface area contributed by atoms with Crippen molar-refractivity contribution >= 4 is 21.8 Å². The summed E-state index contributed by atoms with van der Waals surface area (Å²) in [4.78, 5) is 21.9. The number of rotatable bonds is 5. The van der Waals surface area contributed by atoms with Gasteiger partial charge < -0.3 is 14.4 Å². The summed E-state index contributed by atoms with van der Waals surface area (Å²) in [5, 5.41) is 0. The third-order valence-electron chi connectivity index (χ3n) is 4.09. The van der Waals surface area contributed by atoms with Crippen molar-refractivity contribution in [1.29, 1.82) is 0 Å². The summed E-state index contributed by atoms with van der Waals surface area (Å²) in [5.41, 5.74) is -0.0415. The summed E-state index contributed by atoms with van der Waals surface area (Å²) in [7, 11) is 0. The van der Waals surface area contributed by atoms with Crippen LogP contribution in [0.5, 0.6) is 5.88 Å². The van der Waals surface area contributed by atoms with Crippen LogP contribution in [0.4, 0.5) is 13.2 Å². The Balaban J connectivity index is 1.51. The van der Waals surface area contributed by atoms with Gasteiger partial charge in [-0.25, -0.2) is 4.98 Å². The third kappa shape index (κ3) is 5.65. The van der Waals surface area contributed by atoms with Crippen molar-refractivity contribution < 1.29 is 27.4 Å². The second-order valence-electron chi connectivity index (χ2n) is 6.21. The highest BCUT2D eigenvalue weighted by Crippen LogP contribution is 2.29. The first-order chi connectivity index (χ1) is 13.3. The molecule has 0 bridgehead atoms. The molecular weight excluding hydrogens is 443 g/mol. The number of morpholine rings is 1. The third-order valence-corrected chi connectivity index (χ3v) is 4.52. The molecule has 1 atom stereocenters. The number of nitrogens with zero attached hydrogens (tertiary/aromatic N) is 3. The summed E-state index contributed by atoms with van der Waals surface area (Å²) < 4.78 is 49.4. The lowest BCUT2D eigenvalue weighted by molar-refractivity contribution is -0.139. The van der Waals surface area contributed by atoms with Crippen LogP contribution in [0.1, 0.15) is 11.1 Å². The minimum atomic E-state index is -4.44. The van der Waals surface area contributed by atoms with Crippen LogP contribution < -0.4 is 4.74 Å². The molecule has 0 radical (unpaired) electrons. The largest absolute Gasteiger partial charge is 0.475 e. The van der Waals surface area contributed by atoms with E-state index in [-0.39, 0.29) is 30.9 Å². The predicted octanol–water partition coefficient (Wildman–Crippen LogP) is 3.11. The van der Waals surface area contributed by atoms with E-state index in [9.17, 15) is 18.0 Å². The SMILES string of the molecule is O=C(Cc1cncc(Br)c1)N1CCOC(COc2ccc(C(F)(F)F)cn2)C1. The highest BCUT2D eigenvalue weighted by Gasteiger charge is 2.31. The van der Waals surface area contributed by atoms with Gasteiger partial charge in [-0.15, -0.1) is 0 Å². The monoisotopic (exact) mass is 459 g/mol. The van der Waals surface area contributed by atoms with E-state index in [1.807, 2.05) is 6.07 Å². The van der Waals surface area contributed by atoms with Crippen LogP contribution in [0.2, 0.25) is 0 Å². The molecule has 6 nitrogen and oxygen atoms in total. The van der Waals surface area contributed by atoms with Crippen LogP contribution in [0.25, 0.3) is 0 Å². The summed E-state index contributed by atoms with van der Waals surface area (Å²) >= 11 is 3.32. The van der Waals surface area contributed by atoms with Crippen molar-refractivity contribution in [2.24, 2.45) is 0 Å². The van der Waals surface area contributed by atoms with E-state index in [4.69, 9.17) is 9.47 Å². The summed E-state index contributed by atoms with van der Waals surface area (Å²) in [5.74, 6) is 0.0149. The number of carbonyl (C=O) groups is 1. The summed E-state index contributed by atoms with van der Waals surface area (Å²) in [6, 6.07) is 3.91. The fraction of sp³-hybridized carbons (Fsp3) is 0.389. The van der Waals surface area contributed by atoms with Gasteiger partial charge in [0.1, 0.15) is 12.7 Å². The number of pyridine rings is 2. The summed E-state index contributed by atoms with van der Waals surface area (Å²) in [6.45, 7) is 1.24. The van der Waals surface area contributed by atoms with Crippen LogP contribution in [-0.4, -0.2) is 53.2 Å². The van der Waals surface area contributed by atoms with E-state index < -0.39 is 11.7 Å². The molecule has 1 unspecified atom stereocenters. The number of halogens is 4. The van der Waals surface area contributed by atoms with Crippen LogP contribution in [0.15, 0.2) is 41.3 Å². The van der Waals surface area contributed by atoms with E-state index in [0.29, 0.717) is 19.7 Å². The van der Waals surface area contributed by atoms with Crippen molar-refractivity contribution in [3.8, 4) is 5.88 Å². The molecule has 1 aliphatic rings. The lowest BCUT2D eigenvalue weighted by Crippen LogP contribution is -2.48. The van der Waals surface area contributed by atoms with Gasteiger partial charge in [-0.05, 0) is 33.6 Å². The van der Waals surface area contributed by atoms with Crippen LogP contribution >= 0.6 is 15.9 Å². The first-order valence-electron chi connectivity index (χ1n) is 8.46. The van der Waals surface area contributed by atoms with Gasteiger partial charge in [-0.1, -0.05) is 0 Å². The number of carbonyl (C=O) groups excluding carboxylic acids is 1. The van der Waals surface area contributed by atoms with Crippen molar-refractivity contribution in [2.45, 2.75) is 18.7 Å². The highest BCUT2D eigenvalue weighted by atomic mass is 79.9. The molecule has 28 heavy (non-hydrogen) atoms. The van der Waals surface area contributed by atoms with E-state index in [0.717, 1.165) is 28.4 Å². The van der Waals surface area contributed by atoms with Crippen LogP contribution in [-0.2, 0) is 22.1 Å². The Bertz CT molecular complexity index is 818. The second kappa shape index (κ2) is 8.87.